The maximum Gasteiger partial charge on any atom is 0.416 e. The Balaban J connectivity index is 1.59. The Labute approximate surface area is 209 Å². The summed E-state index contributed by atoms with van der Waals surface area (Å²) < 4.78 is 61.1. The van der Waals surface area contributed by atoms with Crippen molar-refractivity contribution in [3.8, 4) is 0 Å². The maximum atomic E-state index is 12.7. The highest BCUT2D eigenvalue weighted by atomic mass is 19.4. The van der Waals surface area contributed by atoms with Gasteiger partial charge in [0.25, 0.3) is 6.29 Å². The molecule has 1 fully saturated rings. The largest absolute Gasteiger partial charge is 0.416 e. The fourth-order valence-corrected chi connectivity index (χ4v) is 3.89. The molecule has 1 saturated heterocycles. The molecule has 3 rings (SSSR count). The molecule has 1 aliphatic heterocycles. The molecule has 0 bridgehead atoms. The topological polar surface area (TPSA) is 58.5 Å². The van der Waals surface area contributed by atoms with Crippen LogP contribution in [0.25, 0.3) is 12.2 Å². The van der Waals surface area contributed by atoms with E-state index in [-0.39, 0.29) is 18.3 Å². The highest BCUT2D eigenvalue weighted by Crippen LogP contribution is 2.30. The first-order valence-electron chi connectivity index (χ1n) is 11.7. The molecule has 0 amide bonds. The standard InChI is InChI=1S/C27H32F3NO5/c1-5-16-34-24-23(32-3)18(2)35-26(25(24)33-4)36-31-17-21-10-8-19(9-11-21)6-7-20-12-14-22(15-13-20)27(28,29)30/h6-15,17-18,23-26H,5,16H2,1-4H3. The lowest BCUT2D eigenvalue weighted by Gasteiger charge is -2.42. The molecule has 1 aliphatic rings. The molecule has 0 aliphatic carbocycles. The van der Waals surface area contributed by atoms with Crippen molar-refractivity contribution in [2.24, 2.45) is 5.16 Å². The second-order valence-electron chi connectivity index (χ2n) is 8.41. The van der Waals surface area contributed by atoms with E-state index >= 15 is 0 Å². The summed E-state index contributed by atoms with van der Waals surface area (Å²) in [5, 5.41) is 4.08. The molecule has 5 atom stereocenters. The van der Waals surface area contributed by atoms with Gasteiger partial charge in [0, 0.05) is 20.8 Å². The zero-order valence-electron chi connectivity index (χ0n) is 20.8. The van der Waals surface area contributed by atoms with Crippen molar-refractivity contribution >= 4 is 18.4 Å². The summed E-state index contributed by atoms with van der Waals surface area (Å²) in [6.45, 7) is 4.48. The molecule has 0 spiro atoms. The third kappa shape index (κ3) is 7.39. The summed E-state index contributed by atoms with van der Waals surface area (Å²) in [5.41, 5.74) is 1.69. The van der Waals surface area contributed by atoms with Gasteiger partial charge in [-0.2, -0.15) is 13.2 Å². The van der Waals surface area contributed by atoms with Crippen molar-refractivity contribution in [1.82, 2.24) is 0 Å². The van der Waals surface area contributed by atoms with Crippen LogP contribution >= 0.6 is 0 Å². The van der Waals surface area contributed by atoms with Crippen LogP contribution < -0.4 is 0 Å². The van der Waals surface area contributed by atoms with Crippen LogP contribution in [0.2, 0.25) is 0 Å². The number of alkyl halides is 3. The van der Waals surface area contributed by atoms with Crippen molar-refractivity contribution in [2.75, 3.05) is 20.8 Å². The quantitative estimate of drug-likeness (QED) is 0.231. The second kappa shape index (κ2) is 13.0. The fourth-order valence-electron chi connectivity index (χ4n) is 3.89. The Bertz CT molecular complexity index is 992. The lowest BCUT2D eigenvalue weighted by Crippen LogP contribution is -2.59. The molecule has 0 N–H and O–H groups in total. The summed E-state index contributed by atoms with van der Waals surface area (Å²) in [5.74, 6) is 0. The first-order valence-corrected chi connectivity index (χ1v) is 11.7. The van der Waals surface area contributed by atoms with Crippen LogP contribution in [0.1, 0.15) is 42.5 Å². The Morgan fingerprint density at radius 2 is 1.42 bits per heavy atom. The fraction of sp³-hybridized carbons (Fsp3) is 0.444. The number of rotatable bonds is 10. The van der Waals surface area contributed by atoms with Crippen molar-refractivity contribution in [2.45, 2.75) is 57.2 Å². The van der Waals surface area contributed by atoms with Gasteiger partial charge in [0.05, 0.1) is 17.9 Å². The van der Waals surface area contributed by atoms with Gasteiger partial charge in [-0.15, -0.1) is 0 Å². The van der Waals surface area contributed by atoms with E-state index < -0.39 is 24.1 Å². The van der Waals surface area contributed by atoms with Gasteiger partial charge in [0.15, 0.2) is 6.10 Å². The summed E-state index contributed by atoms with van der Waals surface area (Å²) in [7, 11) is 3.18. The predicted octanol–water partition coefficient (Wildman–Crippen LogP) is 5.80. The van der Waals surface area contributed by atoms with Gasteiger partial charge in [0.1, 0.15) is 12.2 Å². The van der Waals surface area contributed by atoms with Crippen molar-refractivity contribution in [3.63, 3.8) is 0 Å². The minimum Gasteiger partial charge on any atom is -0.376 e. The van der Waals surface area contributed by atoms with Crippen LogP contribution in [-0.2, 0) is 30.0 Å². The Morgan fingerprint density at radius 1 is 0.861 bits per heavy atom. The molecule has 6 nitrogen and oxygen atoms in total. The second-order valence-corrected chi connectivity index (χ2v) is 8.41. The molecule has 36 heavy (non-hydrogen) atoms. The highest BCUT2D eigenvalue weighted by Gasteiger charge is 2.47. The van der Waals surface area contributed by atoms with Crippen LogP contribution in [0, 0.1) is 0 Å². The summed E-state index contributed by atoms with van der Waals surface area (Å²) in [6, 6.07) is 12.5. The van der Waals surface area contributed by atoms with E-state index in [1.165, 1.54) is 12.1 Å². The van der Waals surface area contributed by atoms with E-state index in [4.69, 9.17) is 23.8 Å². The van der Waals surface area contributed by atoms with Gasteiger partial charge < -0.3 is 23.8 Å². The Morgan fingerprint density at radius 3 is 1.94 bits per heavy atom. The van der Waals surface area contributed by atoms with Crippen LogP contribution in [0.4, 0.5) is 13.2 Å². The number of hydrogen-bond donors (Lipinski definition) is 0. The van der Waals surface area contributed by atoms with Crippen molar-refractivity contribution in [3.05, 3.63) is 70.8 Å². The molecule has 9 heteroatoms. The minimum absolute atomic E-state index is 0.279. The van der Waals surface area contributed by atoms with Gasteiger partial charge in [-0.25, -0.2) is 0 Å². The third-order valence-electron chi connectivity index (χ3n) is 5.80. The highest BCUT2D eigenvalue weighted by molar-refractivity contribution is 5.80. The van der Waals surface area contributed by atoms with Gasteiger partial charge in [0.2, 0.25) is 0 Å². The molecule has 0 saturated carbocycles. The zero-order chi connectivity index (χ0) is 26.1. The number of hydrogen-bond acceptors (Lipinski definition) is 6. The normalized spacial score (nSPS) is 25.0. The number of ether oxygens (including phenoxy) is 4. The molecule has 1 heterocycles. The molecule has 5 unspecified atom stereocenters. The molecule has 0 radical (unpaired) electrons. The lowest BCUT2D eigenvalue weighted by atomic mass is 9.99. The van der Waals surface area contributed by atoms with E-state index in [2.05, 4.69) is 5.16 Å². The van der Waals surface area contributed by atoms with Crippen molar-refractivity contribution in [1.29, 1.82) is 0 Å². The molecule has 196 valence electrons. The van der Waals surface area contributed by atoms with E-state index in [1.807, 2.05) is 44.2 Å². The number of oxime groups is 1. The van der Waals surface area contributed by atoms with E-state index in [0.29, 0.717) is 12.2 Å². The summed E-state index contributed by atoms with van der Waals surface area (Å²) in [6.07, 6.45) is -0.565. The van der Waals surface area contributed by atoms with Gasteiger partial charge in [-0.05, 0) is 42.2 Å². The average Bonchev–Trinajstić information content (AvgIpc) is 2.86. The first-order chi connectivity index (χ1) is 17.3. The monoisotopic (exact) mass is 507 g/mol. The first kappa shape index (κ1) is 27.9. The smallest absolute Gasteiger partial charge is 0.376 e. The Hall–Kier alpha value is -2.72. The summed E-state index contributed by atoms with van der Waals surface area (Å²) >= 11 is 0. The van der Waals surface area contributed by atoms with Crippen molar-refractivity contribution < 1.29 is 37.0 Å². The number of methoxy groups -OCH3 is 2. The van der Waals surface area contributed by atoms with Crippen LogP contribution in [0.3, 0.4) is 0 Å². The maximum absolute atomic E-state index is 12.7. The molecule has 2 aromatic carbocycles. The third-order valence-corrected chi connectivity index (χ3v) is 5.80. The SMILES string of the molecule is CCCOC1C(OC)C(C)OC(ON=Cc2ccc(C=Cc3ccc(C(F)(F)F)cc3)cc2)C1OC. The van der Waals surface area contributed by atoms with E-state index in [1.54, 1.807) is 26.5 Å². The van der Waals surface area contributed by atoms with Gasteiger partial charge >= 0.3 is 6.18 Å². The molecule has 0 aromatic heterocycles. The minimum atomic E-state index is -4.34. The Kier molecular flexibility index (Phi) is 10.1. The number of nitrogens with zero attached hydrogens (tertiary/aromatic N) is 1. The van der Waals surface area contributed by atoms with Crippen LogP contribution in [0.5, 0.6) is 0 Å². The molecule has 2 aromatic rings. The van der Waals surface area contributed by atoms with Gasteiger partial charge in [-0.1, -0.05) is 60.6 Å². The van der Waals surface area contributed by atoms with Gasteiger partial charge in [-0.3, -0.25) is 0 Å². The van der Waals surface area contributed by atoms with E-state index in [9.17, 15) is 13.2 Å². The predicted molar refractivity (Wildman–Crippen MR) is 131 cm³/mol. The average molecular weight is 508 g/mol. The molecular weight excluding hydrogens is 475 g/mol. The number of benzene rings is 2. The lowest BCUT2D eigenvalue weighted by molar-refractivity contribution is -0.308. The zero-order valence-corrected chi connectivity index (χ0v) is 20.8. The van der Waals surface area contributed by atoms with Crippen LogP contribution in [-0.4, -0.2) is 57.7 Å². The number of halogens is 3. The van der Waals surface area contributed by atoms with Crippen LogP contribution in [0.15, 0.2) is 53.7 Å². The summed E-state index contributed by atoms with van der Waals surface area (Å²) in [4.78, 5) is 5.63. The molecular formula is C27H32F3NO5. The van der Waals surface area contributed by atoms with E-state index in [0.717, 1.165) is 29.7 Å².